The molecule has 2 saturated carbocycles. The van der Waals surface area contributed by atoms with Gasteiger partial charge in [-0.15, -0.1) is 0 Å². The van der Waals surface area contributed by atoms with Gasteiger partial charge in [-0.2, -0.15) is 0 Å². The molecule has 96 valence electrons. The van der Waals surface area contributed by atoms with Gasteiger partial charge < -0.3 is 15.7 Å². The molecule has 0 saturated heterocycles. The third-order valence-corrected chi connectivity index (χ3v) is 4.70. The largest absolute Gasteiger partial charge is 0.390 e. The highest BCUT2D eigenvalue weighted by atomic mass is 16.3. The highest BCUT2D eigenvalue weighted by Crippen LogP contribution is 2.51. The molecule has 3 rings (SSSR count). The Morgan fingerprint density at radius 1 is 1.53 bits per heavy atom. The van der Waals surface area contributed by atoms with E-state index < -0.39 is 0 Å². The van der Waals surface area contributed by atoms with Gasteiger partial charge in [0.25, 0.3) is 0 Å². The van der Waals surface area contributed by atoms with Crippen LogP contribution in [0.4, 0.5) is 0 Å². The van der Waals surface area contributed by atoms with Crippen LogP contribution >= 0.6 is 0 Å². The maximum absolute atomic E-state index is 10.6. The summed E-state index contributed by atoms with van der Waals surface area (Å²) in [4.78, 5) is 4.36. The minimum atomic E-state index is -0.388. The molecule has 3 N–H and O–H groups in total. The number of hydrogen-bond acceptors (Lipinski definition) is 4. The molecule has 0 spiro atoms. The molecule has 4 atom stereocenters. The lowest BCUT2D eigenvalue weighted by Gasteiger charge is -2.32. The van der Waals surface area contributed by atoms with Crippen LogP contribution in [-0.2, 0) is 0 Å². The standard InChI is InChI=1S/C13H23N3O/c1-9-8-15-12(16-9)14-5-4-13(17)7-10-2-3-11(13)6-10/h9-11,17H,2-8H2,1H3,(H2,14,15,16). The van der Waals surface area contributed by atoms with Gasteiger partial charge in [0.15, 0.2) is 5.96 Å². The summed E-state index contributed by atoms with van der Waals surface area (Å²) in [6.45, 7) is 3.82. The number of guanidine groups is 1. The van der Waals surface area contributed by atoms with E-state index in [2.05, 4.69) is 22.5 Å². The van der Waals surface area contributed by atoms with Crippen LogP contribution < -0.4 is 10.6 Å². The van der Waals surface area contributed by atoms with E-state index in [1.807, 2.05) is 0 Å². The molecule has 2 bridgehead atoms. The number of nitrogens with zero attached hydrogens (tertiary/aromatic N) is 1. The monoisotopic (exact) mass is 237 g/mol. The second-order valence-electron chi connectivity index (χ2n) is 6.10. The Morgan fingerprint density at radius 3 is 3.00 bits per heavy atom. The van der Waals surface area contributed by atoms with E-state index in [-0.39, 0.29) is 5.60 Å². The zero-order chi connectivity index (χ0) is 11.9. The van der Waals surface area contributed by atoms with Crippen molar-refractivity contribution in [3.8, 4) is 0 Å². The first-order chi connectivity index (χ1) is 8.16. The third-order valence-electron chi connectivity index (χ3n) is 4.70. The molecule has 0 aromatic carbocycles. The van der Waals surface area contributed by atoms with Crippen LogP contribution in [-0.4, -0.2) is 35.8 Å². The average molecular weight is 237 g/mol. The predicted octanol–water partition coefficient (Wildman–Crippen LogP) is 0.865. The van der Waals surface area contributed by atoms with Crippen molar-refractivity contribution in [1.29, 1.82) is 0 Å². The molecule has 3 aliphatic rings. The van der Waals surface area contributed by atoms with Gasteiger partial charge in [-0.1, -0.05) is 0 Å². The summed E-state index contributed by atoms with van der Waals surface area (Å²) in [5.74, 6) is 2.27. The van der Waals surface area contributed by atoms with Crippen molar-refractivity contribution in [2.45, 2.75) is 50.7 Å². The number of nitrogens with one attached hydrogen (secondary N) is 2. The SMILES string of the molecule is CC1CN=C(NCCC2(O)CC3CCC2C3)N1. The normalized spacial score (nSPS) is 43.6. The van der Waals surface area contributed by atoms with Crippen LogP contribution in [0.15, 0.2) is 4.99 Å². The maximum atomic E-state index is 10.6. The van der Waals surface area contributed by atoms with Gasteiger partial charge in [0, 0.05) is 12.6 Å². The Morgan fingerprint density at radius 2 is 2.41 bits per heavy atom. The first-order valence-electron chi connectivity index (χ1n) is 6.93. The van der Waals surface area contributed by atoms with Crippen molar-refractivity contribution < 1.29 is 5.11 Å². The Labute approximate surface area is 103 Å². The highest BCUT2D eigenvalue weighted by Gasteiger charge is 2.49. The molecule has 2 aliphatic carbocycles. The molecule has 1 aliphatic heterocycles. The maximum Gasteiger partial charge on any atom is 0.191 e. The Kier molecular flexibility index (Phi) is 2.77. The summed E-state index contributed by atoms with van der Waals surface area (Å²) >= 11 is 0. The van der Waals surface area contributed by atoms with Crippen LogP contribution in [0.2, 0.25) is 0 Å². The van der Waals surface area contributed by atoms with Crippen LogP contribution in [0.25, 0.3) is 0 Å². The molecule has 0 radical (unpaired) electrons. The molecule has 2 fully saturated rings. The molecule has 4 unspecified atom stereocenters. The van der Waals surface area contributed by atoms with Gasteiger partial charge in [0.2, 0.25) is 0 Å². The van der Waals surface area contributed by atoms with Crippen LogP contribution in [0, 0.1) is 11.8 Å². The summed E-state index contributed by atoms with van der Waals surface area (Å²) in [5, 5.41) is 17.2. The Bertz CT molecular complexity index is 331. The van der Waals surface area contributed by atoms with Crippen molar-refractivity contribution in [3.63, 3.8) is 0 Å². The topological polar surface area (TPSA) is 56.7 Å². The van der Waals surface area contributed by atoms with Gasteiger partial charge in [-0.05, 0) is 50.9 Å². The van der Waals surface area contributed by atoms with Gasteiger partial charge in [0.1, 0.15) is 0 Å². The highest BCUT2D eigenvalue weighted by molar-refractivity contribution is 5.81. The van der Waals surface area contributed by atoms with Crippen LogP contribution in [0.3, 0.4) is 0 Å². The van der Waals surface area contributed by atoms with Gasteiger partial charge >= 0.3 is 0 Å². The lowest BCUT2D eigenvalue weighted by molar-refractivity contribution is -0.0191. The minimum Gasteiger partial charge on any atom is -0.390 e. The first kappa shape index (κ1) is 11.3. The van der Waals surface area contributed by atoms with Crippen molar-refractivity contribution >= 4 is 5.96 Å². The summed E-state index contributed by atoms with van der Waals surface area (Å²) in [6.07, 6.45) is 5.72. The quantitative estimate of drug-likeness (QED) is 0.682. The van der Waals surface area contributed by atoms with Crippen molar-refractivity contribution in [2.75, 3.05) is 13.1 Å². The van der Waals surface area contributed by atoms with Crippen molar-refractivity contribution in [1.82, 2.24) is 10.6 Å². The van der Waals surface area contributed by atoms with E-state index in [0.29, 0.717) is 12.0 Å². The number of aliphatic hydroxyl groups is 1. The number of fused-ring (bicyclic) bond motifs is 2. The fraction of sp³-hybridized carbons (Fsp3) is 0.923. The summed E-state index contributed by atoms with van der Waals surface area (Å²) < 4.78 is 0. The van der Waals surface area contributed by atoms with Crippen LogP contribution in [0.1, 0.15) is 39.0 Å². The molecule has 17 heavy (non-hydrogen) atoms. The molecule has 0 aromatic rings. The van der Waals surface area contributed by atoms with E-state index in [1.165, 1.54) is 19.3 Å². The van der Waals surface area contributed by atoms with Crippen LogP contribution in [0.5, 0.6) is 0 Å². The zero-order valence-electron chi connectivity index (χ0n) is 10.6. The zero-order valence-corrected chi connectivity index (χ0v) is 10.6. The second-order valence-corrected chi connectivity index (χ2v) is 6.10. The van der Waals surface area contributed by atoms with Gasteiger partial charge in [-0.25, -0.2) is 0 Å². The average Bonchev–Trinajstić information content (AvgIpc) is 2.94. The Hall–Kier alpha value is -0.770. The fourth-order valence-corrected chi connectivity index (χ4v) is 3.78. The molecule has 0 amide bonds. The predicted molar refractivity (Wildman–Crippen MR) is 67.9 cm³/mol. The minimum absolute atomic E-state index is 0.388. The molecule has 4 nitrogen and oxygen atoms in total. The summed E-state index contributed by atoms with van der Waals surface area (Å²) in [6, 6.07) is 0.447. The van der Waals surface area contributed by atoms with E-state index >= 15 is 0 Å². The number of aliphatic imine (C=N–C) groups is 1. The molecular weight excluding hydrogens is 214 g/mol. The van der Waals surface area contributed by atoms with E-state index in [1.54, 1.807) is 0 Å². The molecule has 4 heteroatoms. The Balaban J connectivity index is 1.45. The summed E-state index contributed by atoms with van der Waals surface area (Å²) in [7, 11) is 0. The van der Waals surface area contributed by atoms with E-state index in [4.69, 9.17) is 0 Å². The van der Waals surface area contributed by atoms with Crippen molar-refractivity contribution in [3.05, 3.63) is 0 Å². The van der Waals surface area contributed by atoms with E-state index in [9.17, 15) is 5.11 Å². The fourth-order valence-electron chi connectivity index (χ4n) is 3.78. The smallest absolute Gasteiger partial charge is 0.191 e. The first-order valence-corrected chi connectivity index (χ1v) is 6.93. The number of hydrogen-bond donors (Lipinski definition) is 3. The lowest BCUT2D eigenvalue weighted by atomic mass is 9.82. The van der Waals surface area contributed by atoms with Gasteiger partial charge in [-0.3, -0.25) is 4.99 Å². The lowest BCUT2D eigenvalue weighted by Crippen LogP contribution is -2.42. The van der Waals surface area contributed by atoms with Gasteiger partial charge in [0.05, 0.1) is 12.1 Å². The third kappa shape index (κ3) is 2.15. The van der Waals surface area contributed by atoms with Crippen molar-refractivity contribution in [2.24, 2.45) is 16.8 Å². The number of rotatable bonds is 3. The summed E-state index contributed by atoms with van der Waals surface area (Å²) in [5.41, 5.74) is -0.388. The molecule has 0 aromatic heterocycles. The van der Waals surface area contributed by atoms with E-state index in [0.717, 1.165) is 37.8 Å². The molecule has 1 heterocycles. The molecular formula is C13H23N3O. The second kappa shape index (κ2) is 4.16.